The Morgan fingerprint density at radius 2 is 2.14 bits per heavy atom. The molecule has 0 atom stereocenters. The number of nitriles is 1. The van der Waals surface area contributed by atoms with Crippen LogP contribution in [0.4, 0.5) is 9.39 Å². The topological polar surface area (TPSA) is 70.1 Å². The number of hydrogen-bond donors (Lipinski definition) is 1. The quantitative estimate of drug-likeness (QED) is 0.925. The van der Waals surface area contributed by atoms with Crippen LogP contribution >= 0.6 is 11.3 Å². The monoisotopic (exact) mass is 315 g/mol. The third kappa shape index (κ3) is 2.68. The minimum atomic E-state index is -0.308. The Morgan fingerprint density at radius 1 is 1.41 bits per heavy atom. The minimum absolute atomic E-state index is 0.00253. The van der Waals surface area contributed by atoms with Crippen LogP contribution < -0.4 is 5.73 Å². The first-order valence-electron chi connectivity index (χ1n) is 6.91. The smallest absolute Gasteiger partial charge is 0.227 e. The average molecular weight is 315 g/mol. The summed E-state index contributed by atoms with van der Waals surface area (Å²) in [7, 11) is 0. The number of hydrogen-bond acceptors (Lipinski definition) is 4. The van der Waals surface area contributed by atoms with Crippen LogP contribution in [0.3, 0.4) is 0 Å². The first kappa shape index (κ1) is 14.5. The van der Waals surface area contributed by atoms with Crippen molar-refractivity contribution in [2.24, 2.45) is 0 Å². The zero-order valence-electron chi connectivity index (χ0n) is 11.8. The fraction of sp³-hybridized carbons (Fsp3) is 0.250. The molecule has 0 fully saturated rings. The van der Waals surface area contributed by atoms with Crippen LogP contribution in [0.15, 0.2) is 24.3 Å². The van der Waals surface area contributed by atoms with Gasteiger partial charge in [-0.25, -0.2) is 4.39 Å². The zero-order chi connectivity index (χ0) is 15.7. The van der Waals surface area contributed by atoms with Crippen LogP contribution in [0.2, 0.25) is 0 Å². The standard InChI is InChI=1S/C16H14FN3OS/c17-11-3-1-10(2-4-11)7-15(21)20-6-5-12-13(8-18)16(19)22-14(12)9-20/h1-4H,5-7,9,19H2. The van der Waals surface area contributed by atoms with Crippen molar-refractivity contribution in [2.45, 2.75) is 19.4 Å². The van der Waals surface area contributed by atoms with Gasteiger partial charge in [0.25, 0.3) is 0 Å². The summed E-state index contributed by atoms with van der Waals surface area (Å²) in [6.45, 7) is 1.07. The second kappa shape index (κ2) is 5.78. The van der Waals surface area contributed by atoms with Gasteiger partial charge in [0, 0.05) is 11.4 Å². The van der Waals surface area contributed by atoms with Crippen LogP contribution in [0, 0.1) is 17.1 Å². The van der Waals surface area contributed by atoms with Crippen LogP contribution in [0.5, 0.6) is 0 Å². The van der Waals surface area contributed by atoms with E-state index in [4.69, 9.17) is 11.0 Å². The zero-order valence-corrected chi connectivity index (χ0v) is 12.6. The van der Waals surface area contributed by atoms with E-state index >= 15 is 0 Å². The van der Waals surface area contributed by atoms with Crippen molar-refractivity contribution in [3.05, 3.63) is 51.7 Å². The summed E-state index contributed by atoms with van der Waals surface area (Å²) in [6, 6.07) is 8.10. The normalized spacial score (nSPS) is 13.5. The molecule has 3 rings (SSSR count). The summed E-state index contributed by atoms with van der Waals surface area (Å²) in [6.07, 6.45) is 0.905. The Kier molecular flexibility index (Phi) is 3.82. The number of halogens is 1. The van der Waals surface area contributed by atoms with E-state index in [-0.39, 0.29) is 18.1 Å². The lowest BCUT2D eigenvalue weighted by molar-refractivity contribution is -0.131. The van der Waals surface area contributed by atoms with Crippen LogP contribution in [0.1, 0.15) is 21.6 Å². The molecule has 0 radical (unpaired) electrons. The molecule has 2 heterocycles. The molecule has 112 valence electrons. The van der Waals surface area contributed by atoms with Crippen molar-refractivity contribution in [1.29, 1.82) is 5.26 Å². The number of nitrogens with zero attached hydrogens (tertiary/aromatic N) is 2. The Morgan fingerprint density at radius 3 is 2.82 bits per heavy atom. The number of thiophene rings is 1. The number of amides is 1. The molecular formula is C16H14FN3OS. The van der Waals surface area contributed by atoms with Gasteiger partial charge < -0.3 is 10.6 Å². The number of nitrogen functional groups attached to an aromatic ring is 1. The maximum absolute atomic E-state index is 12.9. The molecule has 0 bridgehead atoms. The van der Waals surface area contributed by atoms with Crippen molar-refractivity contribution >= 4 is 22.2 Å². The lowest BCUT2D eigenvalue weighted by Crippen LogP contribution is -2.36. The van der Waals surface area contributed by atoms with Crippen LogP contribution in [-0.4, -0.2) is 17.4 Å². The number of carbonyl (C=O) groups excluding carboxylic acids is 1. The summed E-state index contributed by atoms with van der Waals surface area (Å²) in [5, 5.41) is 9.65. The molecule has 0 aliphatic carbocycles. The van der Waals surface area contributed by atoms with E-state index in [1.54, 1.807) is 17.0 Å². The third-order valence-electron chi connectivity index (χ3n) is 3.82. The van der Waals surface area contributed by atoms with Gasteiger partial charge in [-0.05, 0) is 29.7 Å². The summed E-state index contributed by atoms with van der Waals surface area (Å²) in [5.74, 6) is -0.306. The second-order valence-electron chi connectivity index (χ2n) is 5.22. The molecule has 0 saturated heterocycles. The molecule has 0 spiro atoms. The Bertz CT molecular complexity index is 761. The SMILES string of the molecule is N#Cc1c(N)sc2c1CCN(C(=O)Cc1ccc(F)cc1)C2. The van der Waals surface area contributed by atoms with Crippen molar-refractivity contribution in [1.82, 2.24) is 4.90 Å². The molecule has 2 aromatic rings. The number of benzene rings is 1. The Labute approximate surface area is 131 Å². The lowest BCUT2D eigenvalue weighted by Gasteiger charge is -2.27. The van der Waals surface area contributed by atoms with E-state index in [1.165, 1.54) is 23.5 Å². The van der Waals surface area contributed by atoms with Gasteiger partial charge in [-0.3, -0.25) is 4.79 Å². The molecule has 22 heavy (non-hydrogen) atoms. The average Bonchev–Trinajstić information content (AvgIpc) is 2.83. The molecule has 1 aromatic carbocycles. The van der Waals surface area contributed by atoms with Crippen molar-refractivity contribution in [3.8, 4) is 6.07 Å². The van der Waals surface area contributed by atoms with Gasteiger partial charge in [0.15, 0.2) is 0 Å². The molecule has 1 aliphatic heterocycles. The first-order valence-corrected chi connectivity index (χ1v) is 7.72. The van der Waals surface area contributed by atoms with Gasteiger partial charge in [0.05, 0.1) is 18.5 Å². The van der Waals surface area contributed by atoms with Crippen molar-refractivity contribution < 1.29 is 9.18 Å². The minimum Gasteiger partial charge on any atom is -0.389 e. The number of rotatable bonds is 2. The number of carbonyl (C=O) groups is 1. The lowest BCUT2D eigenvalue weighted by atomic mass is 10.0. The molecule has 2 N–H and O–H groups in total. The van der Waals surface area contributed by atoms with Gasteiger partial charge >= 0.3 is 0 Å². The molecule has 0 saturated carbocycles. The summed E-state index contributed by atoms with van der Waals surface area (Å²) < 4.78 is 12.9. The van der Waals surface area contributed by atoms with Crippen molar-refractivity contribution in [2.75, 3.05) is 12.3 Å². The van der Waals surface area contributed by atoms with E-state index in [1.807, 2.05) is 0 Å². The maximum atomic E-state index is 12.9. The van der Waals surface area contributed by atoms with Crippen LogP contribution in [-0.2, 0) is 24.2 Å². The van der Waals surface area contributed by atoms with Gasteiger partial charge in [0.2, 0.25) is 5.91 Å². The molecule has 0 unspecified atom stereocenters. The molecule has 1 aromatic heterocycles. The highest BCUT2D eigenvalue weighted by molar-refractivity contribution is 7.16. The predicted octanol–water partition coefficient (Wildman–Crippen LogP) is 2.47. The van der Waals surface area contributed by atoms with Gasteiger partial charge in [-0.2, -0.15) is 5.26 Å². The molecule has 4 nitrogen and oxygen atoms in total. The van der Waals surface area contributed by atoms with E-state index < -0.39 is 0 Å². The number of fused-ring (bicyclic) bond motifs is 1. The molecule has 1 aliphatic rings. The Hall–Kier alpha value is -2.39. The highest BCUT2D eigenvalue weighted by Crippen LogP contribution is 2.34. The van der Waals surface area contributed by atoms with Gasteiger partial charge in [-0.15, -0.1) is 11.3 Å². The number of nitrogens with two attached hydrogens (primary N) is 1. The highest BCUT2D eigenvalue weighted by Gasteiger charge is 2.26. The van der Waals surface area contributed by atoms with Crippen molar-refractivity contribution in [3.63, 3.8) is 0 Å². The van der Waals surface area contributed by atoms with E-state index in [0.717, 1.165) is 16.0 Å². The van der Waals surface area contributed by atoms with E-state index in [9.17, 15) is 9.18 Å². The summed E-state index contributed by atoms with van der Waals surface area (Å²) in [4.78, 5) is 15.1. The Balaban J connectivity index is 1.73. The van der Waals surface area contributed by atoms with Gasteiger partial charge in [0.1, 0.15) is 16.9 Å². The maximum Gasteiger partial charge on any atom is 0.227 e. The number of anilines is 1. The van der Waals surface area contributed by atoms with Crippen LogP contribution in [0.25, 0.3) is 0 Å². The van der Waals surface area contributed by atoms with E-state index in [2.05, 4.69) is 6.07 Å². The molecule has 1 amide bonds. The van der Waals surface area contributed by atoms with E-state index in [0.29, 0.717) is 30.1 Å². The summed E-state index contributed by atoms with van der Waals surface area (Å²) in [5.41, 5.74) is 8.18. The largest absolute Gasteiger partial charge is 0.389 e. The van der Waals surface area contributed by atoms with Gasteiger partial charge in [-0.1, -0.05) is 12.1 Å². The fourth-order valence-electron chi connectivity index (χ4n) is 2.65. The second-order valence-corrected chi connectivity index (χ2v) is 6.36. The molecule has 6 heteroatoms. The third-order valence-corrected chi connectivity index (χ3v) is 4.86. The summed E-state index contributed by atoms with van der Waals surface area (Å²) >= 11 is 1.38. The predicted molar refractivity (Wildman–Crippen MR) is 82.7 cm³/mol. The highest BCUT2D eigenvalue weighted by atomic mass is 32.1. The fourth-order valence-corrected chi connectivity index (χ4v) is 3.73. The molecular weight excluding hydrogens is 301 g/mol. The first-order chi connectivity index (χ1) is 10.6.